The lowest BCUT2D eigenvalue weighted by atomic mass is 9.86. The number of ether oxygens (including phenoxy) is 1. The van der Waals surface area contributed by atoms with E-state index >= 15 is 0 Å². The van der Waals surface area contributed by atoms with E-state index in [0.29, 0.717) is 25.4 Å². The molecule has 0 aromatic heterocycles. The van der Waals surface area contributed by atoms with Crippen molar-refractivity contribution in [3.8, 4) is 0 Å². The molecule has 1 saturated carbocycles. The molecule has 2 fully saturated rings. The van der Waals surface area contributed by atoms with Gasteiger partial charge in [-0.05, 0) is 34.2 Å². The Kier molecular flexibility index (Phi) is 3.85. The fourth-order valence-corrected chi connectivity index (χ4v) is 2.95. The van der Waals surface area contributed by atoms with Crippen LogP contribution in [0, 0.1) is 0 Å². The van der Waals surface area contributed by atoms with Gasteiger partial charge in [0.1, 0.15) is 11.4 Å². The topological polar surface area (TPSA) is 49.9 Å². The average molecular weight is 268 g/mol. The highest BCUT2D eigenvalue weighted by Gasteiger charge is 2.42. The molecule has 2 rings (SSSR count). The van der Waals surface area contributed by atoms with E-state index in [4.69, 9.17) is 4.74 Å². The molecule has 0 radical (unpaired) electrons. The van der Waals surface area contributed by atoms with Crippen molar-refractivity contribution >= 4 is 11.9 Å². The molecule has 5 heteroatoms. The molecule has 1 aliphatic carbocycles. The monoisotopic (exact) mass is 268 g/mol. The number of likely N-dealkylation sites (N-methyl/N-ethyl adjacent to an activating group) is 1. The maximum atomic E-state index is 12.3. The molecular formula is C14H24N2O3. The van der Waals surface area contributed by atoms with Crippen molar-refractivity contribution in [3.63, 3.8) is 0 Å². The smallest absolute Gasteiger partial charge is 0.410 e. The summed E-state index contributed by atoms with van der Waals surface area (Å²) in [7, 11) is 2.07. The van der Waals surface area contributed by atoms with Gasteiger partial charge >= 0.3 is 6.09 Å². The molecule has 1 saturated heterocycles. The quantitative estimate of drug-likeness (QED) is 0.670. The van der Waals surface area contributed by atoms with Crippen molar-refractivity contribution in [3.05, 3.63) is 0 Å². The molecule has 0 aromatic carbocycles. The standard InChI is InChI=1S/C14H24N2O3/c1-14(2,3)19-13(18)16-8-7-15(4)11-6-5-10(17)9-12(11)16/h11-12H,5-9H2,1-4H3. The molecule has 2 aliphatic rings. The zero-order valence-electron chi connectivity index (χ0n) is 12.3. The Morgan fingerprint density at radius 3 is 2.58 bits per heavy atom. The van der Waals surface area contributed by atoms with Crippen LogP contribution in [0.1, 0.15) is 40.0 Å². The zero-order chi connectivity index (χ0) is 14.2. The maximum Gasteiger partial charge on any atom is 0.410 e. The van der Waals surface area contributed by atoms with Gasteiger partial charge in [-0.1, -0.05) is 0 Å². The van der Waals surface area contributed by atoms with E-state index in [9.17, 15) is 9.59 Å². The number of rotatable bonds is 0. The van der Waals surface area contributed by atoms with Gasteiger partial charge < -0.3 is 9.64 Å². The second kappa shape index (κ2) is 5.12. The number of fused-ring (bicyclic) bond motifs is 1. The Balaban J connectivity index is 2.11. The first-order valence-corrected chi connectivity index (χ1v) is 6.99. The van der Waals surface area contributed by atoms with Crippen molar-refractivity contribution in [2.75, 3.05) is 20.1 Å². The number of carbonyl (C=O) groups is 2. The number of hydrogen-bond donors (Lipinski definition) is 0. The van der Waals surface area contributed by atoms with Gasteiger partial charge in [0.2, 0.25) is 0 Å². The minimum absolute atomic E-state index is 0.0187. The number of nitrogens with zero attached hydrogens (tertiary/aromatic N) is 2. The second-order valence-corrected chi connectivity index (χ2v) is 6.57. The van der Waals surface area contributed by atoms with Gasteiger partial charge in [0.25, 0.3) is 0 Å². The molecule has 2 atom stereocenters. The van der Waals surface area contributed by atoms with Crippen LogP contribution in [0.3, 0.4) is 0 Å². The SMILES string of the molecule is CN1CCN(C(=O)OC(C)(C)C)C2CC(=O)CCC21. The summed E-state index contributed by atoms with van der Waals surface area (Å²) in [5, 5.41) is 0. The Hall–Kier alpha value is -1.10. The molecule has 0 spiro atoms. The summed E-state index contributed by atoms with van der Waals surface area (Å²) in [6, 6.07) is 0.272. The van der Waals surface area contributed by atoms with Gasteiger partial charge in [-0.25, -0.2) is 4.79 Å². The number of carbonyl (C=O) groups excluding carboxylic acids is 2. The summed E-state index contributed by atoms with van der Waals surface area (Å²) in [6.45, 7) is 7.08. The van der Waals surface area contributed by atoms with Crippen LogP contribution in [-0.2, 0) is 9.53 Å². The van der Waals surface area contributed by atoms with Gasteiger partial charge in [0, 0.05) is 32.0 Å². The second-order valence-electron chi connectivity index (χ2n) is 6.57. The maximum absolute atomic E-state index is 12.3. The van der Waals surface area contributed by atoms with Crippen LogP contribution in [0.4, 0.5) is 4.79 Å². The Morgan fingerprint density at radius 2 is 1.95 bits per heavy atom. The summed E-state index contributed by atoms with van der Waals surface area (Å²) in [6.07, 6.45) is 1.66. The molecule has 19 heavy (non-hydrogen) atoms. The molecule has 0 bridgehead atoms. The molecule has 1 heterocycles. The number of hydrogen-bond acceptors (Lipinski definition) is 4. The van der Waals surface area contributed by atoms with Crippen LogP contribution in [-0.4, -0.2) is 59.5 Å². The fraction of sp³-hybridized carbons (Fsp3) is 0.857. The minimum Gasteiger partial charge on any atom is -0.444 e. The van der Waals surface area contributed by atoms with Gasteiger partial charge in [0.15, 0.2) is 0 Å². The van der Waals surface area contributed by atoms with E-state index < -0.39 is 5.60 Å². The number of ketones is 1. The summed E-state index contributed by atoms with van der Waals surface area (Å²) >= 11 is 0. The molecule has 5 nitrogen and oxygen atoms in total. The van der Waals surface area contributed by atoms with Crippen LogP contribution in [0.5, 0.6) is 0 Å². The Bertz CT molecular complexity index is 375. The third-order valence-corrected chi connectivity index (χ3v) is 3.89. The summed E-state index contributed by atoms with van der Waals surface area (Å²) in [4.78, 5) is 28.0. The number of amides is 1. The lowest BCUT2D eigenvalue weighted by Gasteiger charge is -2.48. The van der Waals surface area contributed by atoms with Crippen LogP contribution in [0.2, 0.25) is 0 Å². The van der Waals surface area contributed by atoms with Crippen molar-refractivity contribution < 1.29 is 14.3 Å². The van der Waals surface area contributed by atoms with Gasteiger partial charge in [-0.2, -0.15) is 0 Å². The lowest BCUT2D eigenvalue weighted by molar-refractivity contribution is -0.125. The average Bonchev–Trinajstić information content (AvgIpc) is 2.26. The highest BCUT2D eigenvalue weighted by Crippen LogP contribution is 2.29. The third-order valence-electron chi connectivity index (χ3n) is 3.89. The molecule has 0 aromatic rings. The van der Waals surface area contributed by atoms with E-state index in [1.807, 2.05) is 20.8 Å². The largest absolute Gasteiger partial charge is 0.444 e. The molecule has 1 aliphatic heterocycles. The fourth-order valence-electron chi connectivity index (χ4n) is 2.95. The van der Waals surface area contributed by atoms with Crippen LogP contribution in [0.15, 0.2) is 0 Å². The first kappa shape index (κ1) is 14.3. The van der Waals surface area contributed by atoms with E-state index in [2.05, 4.69) is 11.9 Å². The first-order valence-electron chi connectivity index (χ1n) is 6.99. The Morgan fingerprint density at radius 1 is 1.26 bits per heavy atom. The van der Waals surface area contributed by atoms with E-state index in [-0.39, 0.29) is 17.9 Å². The minimum atomic E-state index is -0.491. The lowest BCUT2D eigenvalue weighted by Crippen LogP contribution is -2.62. The predicted octanol–water partition coefficient (Wildman–Crippen LogP) is 1.66. The molecule has 108 valence electrons. The highest BCUT2D eigenvalue weighted by molar-refractivity contribution is 5.81. The predicted molar refractivity (Wildman–Crippen MR) is 72.0 cm³/mol. The van der Waals surface area contributed by atoms with Crippen LogP contribution >= 0.6 is 0 Å². The van der Waals surface area contributed by atoms with Gasteiger partial charge in [0.05, 0.1) is 6.04 Å². The van der Waals surface area contributed by atoms with Crippen molar-refractivity contribution in [1.29, 1.82) is 0 Å². The summed E-state index contributed by atoms with van der Waals surface area (Å²) < 4.78 is 5.45. The zero-order valence-corrected chi connectivity index (χ0v) is 12.3. The Labute approximate surface area is 114 Å². The first-order chi connectivity index (χ1) is 8.78. The van der Waals surface area contributed by atoms with Crippen LogP contribution < -0.4 is 0 Å². The van der Waals surface area contributed by atoms with E-state index in [1.54, 1.807) is 4.90 Å². The normalized spacial score (nSPS) is 29.1. The van der Waals surface area contributed by atoms with Gasteiger partial charge in [-0.15, -0.1) is 0 Å². The molecular weight excluding hydrogens is 244 g/mol. The van der Waals surface area contributed by atoms with E-state index in [0.717, 1.165) is 13.0 Å². The highest BCUT2D eigenvalue weighted by atomic mass is 16.6. The molecule has 1 amide bonds. The number of piperazine rings is 1. The summed E-state index contributed by atoms with van der Waals surface area (Å²) in [5.74, 6) is 0.255. The van der Waals surface area contributed by atoms with E-state index in [1.165, 1.54) is 0 Å². The van der Waals surface area contributed by atoms with Gasteiger partial charge in [-0.3, -0.25) is 9.69 Å². The number of Topliss-reactive ketones (excluding diaryl/α,β-unsaturated/α-hetero) is 1. The van der Waals surface area contributed by atoms with Crippen molar-refractivity contribution in [2.45, 2.75) is 57.7 Å². The van der Waals surface area contributed by atoms with Crippen molar-refractivity contribution in [1.82, 2.24) is 9.80 Å². The van der Waals surface area contributed by atoms with Crippen LogP contribution in [0.25, 0.3) is 0 Å². The summed E-state index contributed by atoms with van der Waals surface area (Å²) in [5.41, 5.74) is -0.491. The molecule has 0 N–H and O–H groups in total. The third kappa shape index (κ3) is 3.26. The van der Waals surface area contributed by atoms with Crippen molar-refractivity contribution in [2.24, 2.45) is 0 Å². The molecule has 2 unspecified atom stereocenters.